The summed E-state index contributed by atoms with van der Waals surface area (Å²) in [6.45, 7) is 7.09. The molecule has 0 N–H and O–H groups in total. The third-order valence-corrected chi connectivity index (χ3v) is 6.53. The first-order chi connectivity index (χ1) is 16.8. The average molecular weight is 465 g/mol. The zero-order valence-electron chi connectivity index (χ0n) is 19.5. The third kappa shape index (κ3) is 5.41. The highest BCUT2D eigenvalue weighted by atomic mass is 16.5. The number of morpholine rings is 1. The Kier molecular flexibility index (Phi) is 7.38. The number of aromatic nitrogens is 2. The first kappa shape index (κ1) is 22.8. The standard InChI is InChI=1S/C26H32N4O4/c31-26(22-4-1-2-6-25(22)34-17-12-28-10-14-32-15-11-28)30-13-16-33-20-21(19-30)18-23-24-5-3-8-29(24)9-7-27-23/h1-9,21H,10-20H2/t21-/m0/s1. The van der Waals surface area contributed by atoms with E-state index < -0.39 is 0 Å². The molecular formula is C26H32N4O4. The van der Waals surface area contributed by atoms with E-state index in [0.717, 1.165) is 50.5 Å². The van der Waals surface area contributed by atoms with E-state index in [-0.39, 0.29) is 11.8 Å². The average Bonchev–Trinajstić information content (AvgIpc) is 3.24. The van der Waals surface area contributed by atoms with Crippen molar-refractivity contribution < 1.29 is 19.0 Å². The molecule has 1 amide bonds. The molecule has 4 heterocycles. The smallest absolute Gasteiger partial charge is 0.257 e. The van der Waals surface area contributed by atoms with E-state index in [9.17, 15) is 4.79 Å². The monoisotopic (exact) mass is 464 g/mol. The summed E-state index contributed by atoms with van der Waals surface area (Å²) in [6, 6.07) is 11.7. The predicted molar refractivity (Wildman–Crippen MR) is 128 cm³/mol. The van der Waals surface area contributed by atoms with Crippen LogP contribution in [0.5, 0.6) is 5.75 Å². The maximum Gasteiger partial charge on any atom is 0.257 e. The van der Waals surface area contributed by atoms with Gasteiger partial charge in [-0.3, -0.25) is 14.7 Å². The van der Waals surface area contributed by atoms with Crippen molar-refractivity contribution in [3.63, 3.8) is 0 Å². The Morgan fingerprint density at radius 3 is 2.79 bits per heavy atom. The number of ether oxygens (including phenoxy) is 3. The van der Waals surface area contributed by atoms with Gasteiger partial charge in [-0.15, -0.1) is 0 Å². The Bertz CT molecular complexity index is 1100. The molecule has 0 saturated carbocycles. The summed E-state index contributed by atoms with van der Waals surface area (Å²) in [5.41, 5.74) is 2.74. The van der Waals surface area contributed by atoms with Crippen molar-refractivity contribution in [1.29, 1.82) is 0 Å². The second-order valence-corrected chi connectivity index (χ2v) is 8.87. The van der Waals surface area contributed by atoms with Gasteiger partial charge in [-0.2, -0.15) is 0 Å². The molecule has 3 aromatic rings. The molecule has 180 valence electrons. The normalized spacial score (nSPS) is 19.8. The van der Waals surface area contributed by atoms with Crippen LogP contribution in [0.1, 0.15) is 16.1 Å². The van der Waals surface area contributed by atoms with Gasteiger partial charge in [-0.25, -0.2) is 0 Å². The molecule has 2 aliphatic rings. The number of hydrogen-bond acceptors (Lipinski definition) is 6. The lowest BCUT2D eigenvalue weighted by Crippen LogP contribution is -2.39. The van der Waals surface area contributed by atoms with Gasteiger partial charge in [0, 0.05) is 57.2 Å². The molecule has 0 bridgehead atoms. The molecule has 8 heteroatoms. The number of nitrogens with zero attached hydrogens (tertiary/aromatic N) is 4. The first-order valence-corrected chi connectivity index (χ1v) is 12.1. The minimum Gasteiger partial charge on any atom is -0.491 e. The fraction of sp³-hybridized carbons (Fsp3) is 0.462. The Balaban J connectivity index is 1.24. The Morgan fingerprint density at radius 2 is 1.88 bits per heavy atom. The van der Waals surface area contributed by atoms with Crippen LogP contribution in [0.3, 0.4) is 0 Å². The van der Waals surface area contributed by atoms with Crippen LogP contribution in [0.2, 0.25) is 0 Å². The van der Waals surface area contributed by atoms with Gasteiger partial charge in [0.15, 0.2) is 0 Å². The Labute approximate surface area is 200 Å². The largest absolute Gasteiger partial charge is 0.491 e. The SMILES string of the molecule is O=C(c1ccccc1OCCN1CCOCC1)N1CCOC[C@@H](Cc2nccn3cccc23)C1. The summed E-state index contributed by atoms with van der Waals surface area (Å²) in [5.74, 6) is 0.808. The fourth-order valence-corrected chi connectivity index (χ4v) is 4.70. The van der Waals surface area contributed by atoms with Crippen molar-refractivity contribution in [3.8, 4) is 5.75 Å². The quantitative estimate of drug-likeness (QED) is 0.535. The number of amides is 1. The second-order valence-electron chi connectivity index (χ2n) is 8.87. The Morgan fingerprint density at radius 1 is 1.03 bits per heavy atom. The van der Waals surface area contributed by atoms with Crippen LogP contribution in [-0.2, 0) is 15.9 Å². The van der Waals surface area contributed by atoms with E-state index in [1.54, 1.807) is 0 Å². The van der Waals surface area contributed by atoms with E-state index in [1.165, 1.54) is 0 Å². The van der Waals surface area contributed by atoms with Crippen molar-refractivity contribution in [2.45, 2.75) is 6.42 Å². The van der Waals surface area contributed by atoms with Crippen LogP contribution in [-0.4, -0.2) is 90.8 Å². The lowest BCUT2D eigenvalue weighted by molar-refractivity contribution is 0.0321. The van der Waals surface area contributed by atoms with Gasteiger partial charge >= 0.3 is 0 Å². The maximum absolute atomic E-state index is 13.6. The molecule has 34 heavy (non-hydrogen) atoms. The van der Waals surface area contributed by atoms with Gasteiger partial charge in [0.2, 0.25) is 0 Å². The van der Waals surface area contributed by atoms with Crippen molar-refractivity contribution >= 4 is 11.4 Å². The van der Waals surface area contributed by atoms with Crippen molar-refractivity contribution in [3.05, 3.63) is 66.2 Å². The molecule has 0 radical (unpaired) electrons. The van der Waals surface area contributed by atoms with Gasteiger partial charge in [-0.1, -0.05) is 12.1 Å². The number of carbonyl (C=O) groups is 1. The number of rotatable bonds is 7. The summed E-state index contributed by atoms with van der Waals surface area (Å²) in [5, 5.41) is 0. The van der Waals surface area contributed by atoms with Crippen molar-refractivity contribution in [1.82, 2.24) is 19.2 Å². The Hall–Kier alpha value is -2.94. The molecule has 5 rings (SSSR count). The predicted octanol–water partition coefficient (Wildman–Crippen LogP) is 2.38. The number of para-hydroxylation sites is 1. The molecule has 1 aromatic carbocycles. The van der Waals surface area contributed by atoms with Crippen molar-refractivity contribution in [2.24, 2.45) is 5.92 Å². The van der Waals surface area contributed by atoms with Crippen LogP contribution in [0, 0.1) is 5.92 Å². The number of hydrogen-bond donors (Lipinski definition) is 0. The van der Waals surface area contributed by atoms with Crippen LogP contribution < -0.4 is 4.74 Å². The zero-order valence-corrected chi connectivity index (χ0v) is 19.5. The van der Waals surface area contributed by atoms with Gasteiger partial charge in [0.25, 0.3) is 5.91 Å². The molecule has 8 nitrogen and oxygen atoms in total. The maximum atomic E-state index is 13.6. The molecule has 2 saturated heterocycles. The highest BCUT2D eigenvalue weighted by molar-refractivity contribution is 5.97. The minimum atomic E-state index is -0.00803. The molecule has 2 aliphatic heterocycles. The van der Waals surface area contributed by atoms with Crippen LogP contribution in [0.15, 0.2) is 55.0 Å². The second kappa shape index (κ2) is 11.0. The minimum absolute atomic E-state index is 0.00803. The summed E-state index contributed by atoms with van der Waals surface area (Å²) in [6.07, 6.45) is 6.56. The lowest BCUT2D eigenvalue weighted by Gasteiger charge is -2.27. The molecule has 0 unspecified atom stereocenters. The van der Waals surface area contributed by atoms with E-state index in [4.69, 9.17) is 14.2 Å². The topological polar surface area (TPSA) is 68.5 Å². The van der Waals surface area contributed by atoms with E-state index in [0.29, 0.717) is 44.2 Å². The number of benzene rings is 1. The van der Waals surface area contributed by atoms with Crippen molar-refractivity contribution in [2.75, 3.05) is 65.8 Å². The number of fused-ring (bicyclic) bond motifs is 1. The number of carbonyl (C=O) groups excluding carboxylic acids is 1. The van der Waals surface area contributed by atoms with E-state index >= 15 is 0 Å². The summed E-state index contributed by atoms with van der Waals surface area (Å²) in [4.78, 5) is 22.4. The van der Waals surface area contributed by atoms with Gasteiger partial charge in [-0.05, 0) is 30.7 Å². The molecule has 2 aromatic heterocycles. The van der Waals surface area contributed by atoms with Gasteiger partial charge in [0.05, 0.1) is 43.2 Å². The molecule has 2 fully saturated rings. The van der Waals surface area contributed by atoms with Crippen LogP contribution in [0.25, 0.3) is 5.52 Å². The fourth-order valence-electron chi connectivity index (χ4n) is 4.70. The van der Waals surface area contributed by atoms with Crippen LogP contribution >= 0.6 is 0 Å². The third-order valence-electron chi connectivity index (χ3n) is 6.53. The first-order valence-electron chi connectivity index (χ1n) is 12.1. The van der Waals surface area contributed by atoms with Gasteiger partial charge < -0.3 is 23.5 Å². The highest BCUT2D eigenvalue weighted by Crippen LogP contribution is 2.23. The molecule has 0 aliphatic carbocycles. The highest BCUT2D eigenvalue weighted by Gasteiger charge is 2.26. The van der Waals surface area contributed by atoms with E-state index in [2.05, 4.69) is 20.4 Å². The molecule has 0 spiro atoms. The summed E-state index contributed by atoms with van der Waals surface area (Å²) < 4.78 is 19.4. The molecule has 1 atom stereocenters. The zero-order chi connectivity index (χ0) is 23.2. The lowest BCUT2D eigenvalue weighted by atomic mass is 10.0. The molecular weight excluding hydrogens is 432 g/mol. The summed E-state index contributed by atoms with van der Waals surface area (Å²) in [7, 11) is 0. The summed E-state index contributed by atoms with van der Waals surface area (Å²) >= 11 is 0. The van der Waals surface area contributed by atoms with Gasteiger partial charge in [0.1, 0.15) is 12.4 Å². The van der Waals surface area contributed by atoms with Crippen LogP contribution in [0.4, 0.5) is 0 Å². The van der Waals surface area contributed by atoms with E-state index in [1.807, 2.05) is 53.8 Å².